The minimum atomic E-state index is -0.631. The second kappa shape index (κ2) is 4.39. The van der Waals surface area contributed by atoms with Gasteiger partial charge in [0, 0.05) is 18.9 Å². The zero-order chi connectivity index (χ0) is 11.6. The van der Waals surface area contributed by atoms with Crippen molar-refractivity contribution in [3.05, 3.63) is 24.0 Å². The van der Waals surface area contributed by atoms with Crippen molar-refractivity contribution in [2.24, 2.45) is 0 Å². The van der Waals surface area contributed by atoms with Gasteiger partial charge in [-0.1, -0.05) is 0 Å². The van der Waals surface area contributed by atoms with Gasteiger partial charge in [0.1, 0.15) is 11.9 Å². The van der Waals surface area contributed by atoms with Gasteiger partial charge in [-0.3, -0.25) is 4.98 Å². The van der Waals surface area contributed by atoms with Crippen LogP contribution in [0.1, 0.15) is 30.9 Å². The molecule has 1 aliphatic rings. The third kappa shape index (κ3) is 1.79. The molecule has 0 aliphatic heterocycles. The number of aromatic nitrogens is 1. The Morgan fingerprint density at radius 3 is 2.62 bits per heavy atom. The smallest absolute Gasteiger partial charge is 0.137 e. The first-order valence-electron chi connectivity index (χ1n) is 5.44. The fourth-order valence-electron chi connectivity index (χ4n) is 2.11. The summed E-state index contributed by atoms with van der Waals surface area (Å²) in [7, 11) is 3.23. The lowest BCUT2D eigenvalue weighted by Gasteiger charge is -2.44. The molecule has 0 saturated heterocycles. The summed E-state index contributed by atoms with van der Waals surface area (Å²) in [5, 5.41) is 10.3. The van der Waals surface area contributed by atoms with E-state index in [-0.39, 0.29) is 0 Å². The molecule has 1 aromatic rings. The summed E-state index contributed by atoms with van der Waals surface area (Å²) in [5.41, 5.74) is 0.328. The van der Waals surface area contributed by atoms with Gasteiger partial charge in [-0.2, -0.15) is 0 Å². The molecule has 88 valence electrons. The van der Waals surface area contributed by atoms with Crippen LogP contribution in [0.15, 0.2) is 18.5 Å². The van der Waals surface area contributed by atoms with Gasteiger partial charge in [0.15, 0.2) is 0 Å². The van der Waals surface area contributed by atoms with E-state index in [1.807, 2.05) is 0 Å². The fourth-order valence-corrected chi connectivity index (χ4v) is 2.11. The first kappa shape index (κ1) is 11.4. The van der Waals surface area contributed by atoms with Crippen molar-refractivity contribution in [2.45, 2.75) is 31.0 Å². The van der Waals surface area contributed by atoms with E-state index in [2.05, 4.69) is 4.98 Å². The van der Waals surface area contributed by atoms with E-state index in [0.29, 0.717) is 5.75 Å². The van der Waals surface area contributed by atoms with Crippen molar-refractivity contribution >= 4 is 0 Å². The van der Waals surface area contributed by atoms with Crippen molar-refractivity contribution < 1.29 is 14.6 Å². The molecule has 4 nitrogen and oxygen atoms in total. The molecule has 0 amide bonds. The quantitative estimate of drug-likeness (QED) is 0.844. The van der Waals surface area contributed by atoms with Gasteiger partial charge in [0.25, 0.3) is 0 Å². The van der Waals surface area contributed by atoms with Gasteiger partial charge < -0.3 is 14.6 Å². The van der Waals surface area contributed by atoms with Crippen LogP contribution in [0.5, 0.6) is 5.75 Å². The maximum atomic E-state index is 10.3. The number of hydrogen-bond donors (Lipinski definition) is 1. The molecule has 0 aromatic carbocycles. The molecule has 1 heterocycles. The fraction of sp³-hybridized carbons (Fsp3) is 0.583. The monoisotopic (exact) mass is 223 g/mol. The lowest BCUT2D eigenvalue weighted by atomic mass is 9.74. The summed E-state index contributed by atoms with van der Waals surface area (Å²) in [6, 6.07) is 1.80. The summed E-state index contributed by atoms with van der Waals surface area (Å²) in [6.07, 6.45) is 5.53. The number of aliphatic hydroxyl groups is 1. The third-order valence-electron chi connectivity index (χ3n) is 3.39. The molecule has 4 heteroatoms. The van der Waals surface area contributed by atoms with E-state index in [1.54, 1.807) is 32.7 Å². The van der Waals surface area contributed by atoms with Crippen molar-refractivity contribution in [3.8, 4) is 5.75 Å². The normalized spacial score (nSPS) is 19.9. The highest BCUT2D eigenvalue weighted by molar-refractivity contribution is 5.27. The van der Waals surface area contributed by atoms with Crippen LogP contribution < -0.4 is 4.74 Å². The van der Waals surface area contributed by atoms with Gasteiger partial charge in [-0.25, -0.2) is 0 Å². The van der Waals surface area contributed by atoms with Crippen LogP contribution in [0, 0.1) is 0 Å². The SMILES string of the molecule is COc1cncc(C(O)C2(OC)CCC2)c1. The third-order valence-corrected chi connectivity index (χ3v) is 3.39. The van der Waals surface area contributed by atoms with Gasteiger partial charge in [-0.15, -0.1) is 0 Å². The highest BCUT2D eigenvalue weighted by Crippen LogP contribution is 2.44. The molecule has 1 aliphatic carbocycles. The Morgan fingerprint density at radius 1 is 1.38 bits per heavy atom. The van der Waals surface area contributed by atoms with Gasteiger partial charge in [0.05, 0.1) is 18.9 Å². The minimum absolute atomic E-state index is 0.423. The molecule has 0 radical (unpaired) electrons. The zero-order valence-electron chi connectivity index (χ0n) is 9.64. The Balaban J connectivity index is 2.22. The highest BCUT2D eigenvalue weighted by atomic mass is 16.5. The molecule has 1 atom stereocenters. The van der Waals surface area contributed by atoms with Gasteiger partial charge in [-0.05, 0) is 25.3 Å². The first-order valence-corrected chi connectivity index (χ1v) is 5.44. The Labute approximate surface area is 95.2 Å². The molecule has 2 rings (SSSR count). The topological polar surface area (TPSA) is 51.6 Å². The second-order valence-electron chi connectivity index (χ2n) is 4.18. The first-order chi connectivity index (χ1) is 7.72. The summed E-state index contributed by atoms with van der Waals surface area (Å²) >= 11 is 0. The number of aliphatic hydroxyl groups excluding tert-OH is 1. The van der Waals surface area contributed by atoms with Crippen LogP contribution >= 0.6 is 0 Å². The van der Waals surface area contributed by atoms with Crippen molar-refractivity contribution in [1.29, 1.82) is 0 Å². The van der Waals surface area contributed by atoms with E-state index in [1.165, 1.54) is 0 Å². The summed E-state index contributed by atoms with van der Waals surface area (Å²) in [5.74, 6) is 0.655. The zero-order valence-corrected chi connectivity index (χ0v) is 9.64. The van der Waals surface area contributed by atoms with E-state index in [0.717, 1.165) is 24.8 Å². The van der Waals surface area contributed by atoms with Crippen LogP contribution in [0.2, 0.25) is 0 Å². The average Bonchev–Trinajstić information content (AvgIpc) is 2.28. The highest BCUT2D eigenvalue weighted by Gasteiger charge is 2.44. The molecule has 1 fully saturated rings. The Kier molecular flexibility index (Phi) is 3.12. The van der Waals surface area contributed by atoms with E-state index < -0.39 is 11.7 Å². The molecule has 1 N–H and O–H groups in total. The average molecular weight is 223 g/mol. The largest absolute Gasteiger partial charge is 0.495 e. The predicted octanol–water partition coefficient (Wildman–Crippen LogP) is 1.69. The number of rotatable bonds is 4. The molecule has 1 aromatic heterocycles. The molecule has 1 unspecified atom stereocenters. The number of ether oxygens (including phenoxy) is 2. The standard InChI is InChI=1S/C12H17NO3/c1-15-10-6-9(7-13-8-10)11(14)12(16-2)4-3-5-12/h6-8,11,14H,3-5H2,1-2H3. The summed E-state index contributed by atoms with van der Waals surface area (Å²) in [6.45, 7) is 0. The maximum Gasteiger partial charge on any atom is 0.137 e. The molecule has 16 heavy (non-hydrogen) atoms. The predicted molar refractivity (Wildman–Crippen MR) is 59.3 cm³/mol. The summed E-state index contributed by atoms with van der Waals surface area (Å²) in [4.78, 5) is 4.04. The molecular weight excluding hydrogens is 206 g/mol. The molecule has 1 saturated carbocycles. The molecule has 0 bridgehead atoms. The maximum absolute atomic E-state index is 10.3. The number of nitrogens with zero attached hydrogens (tertiary/aromatic N) is 1. The number of pyridine rings is 1. The van der Waals surface area contributed by atoms with Crippen LogP contribution in [0.4, 0.5) is 0 Å². The van der Waals surface area contributed by atoms with Crippen molar-refractivity contribution in [2.75, 3.05) is 14.2 Å². The second-order valence-corrected chi connectivity index (χ2v) is 4.18. The van der Waals surface area contributed by atoms with Crippen LogP contribution in [-0.2, 0) is 4.74 Å². The van der Waals surface area contributed by atoms with Crippen molar-refractivity contribution in [3.63, 3.8) is 0 Å². The Hall–Kier alpha value is -1.13. The molecular formula is C12H17NO3. The van der Waals surface area contributed by atoms with Gasteiger partial charge in [0.2, 0.25) is 0 Å². The van der Waals surface area contributed by atoms with Crippen LogP contribution in [-0.4, -0.2) is 29.9 Å². The summed E-state index contributed by atoms with van der Waals surface area (Å²) < 4.78 is 10.5. The van der Waals surface area contributed by atoms with E-state index in [9.17, 15) is 5.11 Å². The van der Waals surface area contributed by atoms with E-state index >= 15 is 0 Å². The Bertz CT molecular complexity index is 358. The number of hydrogen-bond acceptors (Lipinski definition) is 4. The minimum Gasteiger partial charge on any atom is -0.495 e. The van der Waals surface area contributed by atoms with Crippen LogP contribution in [0.25, 0.3) is 0 Å². The lowest BCUT2D eigenvalue weighted by molar-refractivity contribution is -0.151. The van der Waals surface area contributed by atoms with E-state index in [4.69, 9.17) is 9.47 Å². The van der Waals surface area contributed by atoms with Crippen LogP contribution in [0.3, 0.4) is 0 Å². The van der Waals surface area contributed by atoms with Gasteiger partial charge >= 0.3 is 0 Å². The molecule has 0 spiro atoms. The van der Waals surface area contributed by atoms with Crippen molar-refractivity contribution in [1.82, 2.24) is 4.98 Å². The lowest BCUT2D eigenvalue weighted by Crippen LogP contribution is -2.45. The Morgan fingerprint density at radius 2 is 2.12 bits per heavy atom. The number of methoxy groups -OCH3 is 2.